The average molecular weight is 340 g/mol. The molecule has 0 aromatic heterocycles. The van der Waals surface area contributed by atoms with Crippen molar-refractivity contribution in [2.24, 2.45) is 5.41 Å². The fourth-order valence-corrected chi connectivity index (χ4v) is 4.05. The van der Waals surface area contributed by atoms with Crippen LogP contribution in [0.4, 0.5) is 0 Å². The third-order valence-corrected chi connectivity index (χ3v) is 5.58. The van der Waals surface area contributed by atoms with E-state index in [1.54, 1.807) is 14.2 Å². The number of fused-ring (bicyclic) bond motifs is 1. The molecule has 0 unspecified atom stereocenters. The molecule has 1 aromatic rings. The highest BCUT2D eigenvalue weighted by molar-refractivity contribution is 5.99. The highest BCUT2D eigenvalue weighted by Crippen LogP contribution is 2.47. The van der Waals surface area contributed by atoms with E-state index in [-0.39, 0.29) is 11.2 Å². The first-order chi connectivity index (χ1) is 11.8. The zero-order chi connectivity index (χ0) is 18.4. The molecule has 3 nitrogen and oxygen atoms in total. The largest absolute Gasteiger partial charge is 0.493 e. The maximum Gasteiger partial charge on any atom is 0.165 e. The molecule has 0 aliphatic heterocycles. The quantitative estimate of drug-likeness (QED) is 0.769. The molecule has 0 N–H and O–H groups in total. The summed E-state index contributed by atoms with van der Waals surface area (Å²) >= 11 is 0. The first-order valence-corrected chi connectivity index (χ1v) is 9.02. The zero-order valence-electron chi connectivity index (χ0n) is 16.2. The van der Waals surface area contributed by atoms with E-state index in [1.165, 1.54) is 5.57 Å². The summed E-state index contributed by atoms with van der Waals surface area (Å²) in [6, 6.07) is 2.19. The SMILES string of the molecule is COc1c(C(C)C)cc2c(c1OC)CC1=C(C=C2)C(C)(C)CCC1=O. The summed E-state index contributed by atoms with van der Waals surface area (Å²) < 4.78 is 11.4. The fraction of sp³-hybridized carbons (Fsp3) is 0.500. The number of methoxy groups -OCH3 is 2. The molecule has 134 valence electrons. The molecule has 0 amide bonds. The van der Waals surface area contributed by atoms with Crippen LogP contribution in [0.2, 0.25) is 0 Å². The standard InChI is InChI=1S/C22H28O3/c1-13(2)15-11-14-7-8-18-17(19(23)9-10-22(18,3)4)12-16(14)21(25-6)20(15)24-5/h7-8,11,13H,9-10,12H2,1-6H3. The van der Waals surface area contributed by atoms with Gasteiger partial charge in [0.1, 0.15) is 0 Å². The highest BCUT2D eigenvalue weighted by Gasteiger charge is 2.35. The van der Waals surface area contributed by atoms with Crippen LogP contribution in [0.25, 0.3) is 6.08 Å². The molecule has 3 heteroatoms. The van der Waals surface area contributed by atoms with Crippen LogP contribution in [0, 0.1) is 5.41 Å². The summed E-state index contributed by atoms with van der Waals surface area (Å²) in [4.78, 5) is 12.6. The lowest BCUT2D eigenvalue weighted by molar-refractivity contribution is -0.116. The Bertz CT molecular complexity index is 779. The van der Waals surface area contributed by atoms with Gasteiger partial charge < -0.3 is 9.47 Å². The zero-order valence-corrected chi connectivity index (χ0v) is 16.2. The molecule has 0 fully saturated rings. The van der Waals surface area contributed by atoms with Crippen molar-refractivity contribution in [3.05, 3.63) is 40.0 Å². The molecular formula is C22H28O3. The van der Waals surface area contributed by atoms with Crippen LogP contribution in [-0.4, -0.2) is 20.0 Å². The number of Topliss-reactive ketones (excluding diaryl/α,β-unsaturated/α-hetero) is 1. The van der Waals surface area contributed by atoms with Gasteiger partial charge in [-0.15, -0.1) is 0 Å². The average Bonchev–Trinajstić information content (AvgIpc) is 2.77. The molecule has 2 aliphatic carbocycles. The van der Waals surface area contributed by atoms with Gasteiger partial charge in [-0.05, 0) is 35.0 Å². The number of ether oxygens (including phenoxy) is 2. The third-order valence-electron chi connectivity index (χ3n) is 5.58. The molecule has 25 heavy (non-hydrogen) atoms. The van der Waals surface area contributed by atoms with Gasteiger partial charge in [-0.25, -0.2) is 0 Å². The number of carbonyl (C=O) groups is 1. The van der Waals surface area contributed by atoms with Gasteiger partial charge >= 0.3 is 0 Å². The summed E-state index contributed by atoms with van der Waals surface area (Å²) in [5.74, 6) is 2.14. The number of ketones is 1. The Labute approximate surface area is 150 Å². The van der Waals surface area contributed by atoms with Crippen molar-refractivity contribution < 1.29 is 14.3 Å². The van der Waals surface area contributed by atoms with E-state index >= 15 is 0 Å². The second-order valence-electron chi connectivity index (χ2n) is 7.96. The molecule has 2 aliphatic rings. The second kappa shape index (κ2) is 6.36. The van der Waals surface area contributed by atoms with E-state index in [9.17, 15) is 4.79 Å². The van der Waals surface area contributed by atoms with Gasteiger partial charge in [-0.2, -0.15) is 0 Å². The third kappa shape index (κ3) is 2.90. The number of benzene rings is 1. The molecule has 0 atom stereocenters. The van der Waals surface area contributed by atoms with Crippen molar-refractivity contribution >= 4 is 11.9 Å². The van der Waals surface area contributed by atoms with Crippen molar-refractivity contribution in [2.45, 2.75) is 52.9 Å². The Kier molecular flexibility index (Phi) is 4.52. The Morgan fingerprint density at radius 1 is 1.08 bits per heavy atom. The van der Waals surface area contributed by atoms with Gasteiger partial charge in [0.2, 0.25) is 0 Å². The molecule has 0 saturated carbocycles. The predicted molar refractivity (Wildman–Crippen MR) is 101 cm³/mol. The lowest BCUT2D eigenvalue weighted by Crippen LogP contribution is -2.26. The first-order valence-electron chi connectivity index (χ1n) is 9.02. The van der Waals surface area contributed by atoms with Crippen LogP contribution in [0.15, 0.2) is 23.3 Å². The maximum atomic E-state index is 12.6. The van der Waals surface area contributed by atoms with Gasteiger partial charge in [-0.1, -0.05) is 39.8 Å². The molecular weight excluding hydrogens is 312 g/mol. The fourth-order valence-electron chi connectivity index (χ4n) is 4.05. The van der Waals surface area contributed by atoms with Crippen molar-refractivity contribution in [3.8, 4) is 11.5 Å². The number of rotatable bonds is 3. The van der Waals surface area contributed by atoms with Crippen molar-refractivity contribution in [3.63, 3.8) is 0 Å². The van der Waals surface area contributed by atoms with Crippen LogP contribution in [0.5, 0.6) is 11.5 Å². The number of hydrogen-bond acceptors (Lipinski definition) is 3. The van der Waals surface area contributed by atoms with E-state index < -0.39 is 0 Å². The van der Waals surface area contributed by atoms with Crippen molar-refractivity contribution in [1.82, 2.24) is 0 Å². The maximum absolute atomic E-state index is 12.6. The first kappa shape index (κ1) is 17.8. The van der Waals surface area contributed by atoms with Crippen molar-refractivity contribution in [2.75, 3.05) is 14.2 Å². The van der Waals surface area contributed by atoms with Gasteiger partial charge in [0, 0.05) is 29.5 Å². The van der Waals surface area contributed by atoms with Gasteiger partial charge in [0.05, 0.1) is 14.2 Å². The lowest BCUT2D eigenvalue weighted by atomic mass is 9.71. The van der Waals surface area contributed by atoms with Crippen LogP contribution < -0.4 is 9.47 Å². The Balaban J connectivity index is 2.25. The van der Waals surface area contributed by atoms with Crippen LogP contribution >= 0.6 is 0 Å². The van der Waals surface area contributed by atoms with Crippen molar-refractivity contribution in [1.29, 1.82) is 0 Å². The van der Waals surface area contributed by atoms with E-state index in [0.29, 0.717) is 18.8 Å². The molecule has 3 rings (SSSR count). The number of carbonyl (C=O) groups excluding carboxylic acids is 1. The second-order valence-corrected chi connectivity index (χ2v) is 7.96. The summed E-state index contributed by atoms with van der Waals surface area (Å²) in [7, 11) is 3.36. The molecule has 0 heterocycles. The van der Waals surface area contributed by atoms with Crippen LogP contribution in [0.3, 0.4) is 0 Å². The van der Waals surface area contributed by atoms with Gasteiger partial charge in [0.25, 0.3) is 0 Å². The minimum absolute atomic E-state index is 0.0278. The Morgan fingerprint density at radius 3 is 2.36 bits per heavy atom. The molecule has 0 bridgehead atoms. The number of hydrogen-bond donors (Lipinski definition) is 0. The molecule has 1 aromatic carbocycles. The van der Waals surface area contributed by atoms with E-state index in [2.05, 4.69) is 45.9 Å². The van der Waals surface area contributed by atoms with Crippen LogP contribution in [-0.2, 0) is 11.2 Å². The summed E-state index contributed by atoms with van der Waals surface area (Å²) in [6.07, 6.45) is 6.43. The minimum Gasteiger partial charge on any atom is -0.493 e. The van der Waals surface area contributed by atoms with Crippen LogP contribution in [0.1, 0.15) is 63.1 Å². The van der Waals surface area contributed by atoms with E-state index in [1.807, 2.05) is 0 Å². The topological polar surface area (TPSA) is 35.5 Å². The van der Waals surface area contributed by atoms with Gasteiger partial charge in [-0.3, -0.25) is 4.79 Å². The summed E-state index contributed by atoms with van der Waals surface area (Å²) in [6.45, 7) is 8.76. The summed E-state index contributed by atoms with van der Waals surface area (Å²) in [5.41, 5.74) is 5.44. The monoisotopic (exact) mass is 340 g/mol. The molecule has 0 spiro atoms. The summed E-state index contributed by atoms with van der Waals surface area (Å²) in [5, 5.41) is 0. The molecule has 0 saturated heterocycles. The smallest absolute Gasteiger partial charge is 0.165 e. The van der Waals surface area contributed by atoms with Gasteiger partial charge in [0.15, 0.2) is 17.3 Å². The Hall–Kier alpha value is -2.03. The minimum atomic E-state index is 0.0278. The predicted octanol–water partition coefficient (Wildman–Crippen LogP) is 5.08. The number of allylic oxidation sites excluding steroid dienone is 3. The van der Waals surface area contributed by atoms with E-state index in [0.717, 1.165) is 40.2 Å². The highest BCUT2D eigenvalue weighted by atomic mass is 16.5. The normalized spacial score (nSPS) is 18.8. The molecule has 0 radical (unpaired) electrons. The Morgan fingerprint density at radius 2 is 1.76 bits per heavy atom. The van der Waals surface area contributed by atoms with E-state index in [4.69, 9.17) is 9.47 Å². The lowest BCUT2D eigenvalue weighted by Gasteiger charge is -2.32.